The number of carbonyl (C=O) groups is 3. The normalized spacial score (nSPS) is 14.5. The maximum atomic E-state index is 12.6. The van der Waals surface area contributed by atoms with E-state index in [2.05, 4.69) is 9.97 Å². The van der Waals surface area contributed by atoms with Crippen molar-refractivity contribution in [1.82, 2.24) is 19.8 Å². The van der Waals surface area contributed by atoms with Crippen LogP contribution in [0.2, 0.25) is 0 Å². The molecule has 1 aromatic heterocycles. The fourth-order valence-corrected chi connectivity index (χ4v) is 4.06. The second-order valence-corrected chi connectivity index (χ2v) is 8.29. The molecular formula is C21H32N4O4S. The molecule has 166 valence electrons. The van der Waals surface area contributed by atoms with Crippen LogP contribution in [-0.2, 0) is 25.5 Å². The lowest BCUT2D eigenvalue weighted by atomic mass is 9.97. The number of rotatable bonds is 8. The molecule has 1 aliphatic heterocycles. The van der Waals surface area contributed by atoms with Crippen molar-refractivity contribution in [1.29, 1.82) is 0 Å². The number of likely N-dealkylation sites (N-methyl/N-ethyl adjacent to an activating group) is 1. The van der Waals surface area contributed by atoms with Gasteiger partial charge in [-0.05, 0) is 51.9 Å². The van der Waals surface area contributed by atoms with Gasteiger partial charge in [0.25, 0.3) is 0 Å². The molecule has 1 aromatic rings. The van der Waals surface area contributed by atoms with Crippen LogP contribution in [0.5, 0.6) is 0 Å². The van der Waals surface area contributed by atoms with Crippen molar-refractivity contribution < 1.29 is 19.1 Å². The van der Waals surface area contributed by atoms with Crippen LogP contribution in [0.25, 0.3) is 0 Å². The zero-order valence-electron chi connectivity index (χ0n) is 18.6. The molecule has 30 heavy (non-hydrogen) atoms. The largest absolute Gasteiger partial charge is 0.466 e. The third-order valence-electron chi connectivity index (χ3n) is 5.44. The van der Waals surface area contributed by atoms with Crippen LogP contribution >= 0.6 is 11.8 Å². The minimum absolute atomic E-state index is 0.0444. The summed E-state index contributed by atoms with van der Waals surface area (Å²) in [4.78, 5) is 49.0. The average molecular weight is 437 g/mol. The highest BCUT2D eigenvalue weighted by Crippen LogP contribution is 2.20. The highest BCUT2D eigenvalue weighted by Gasteiger charge is 2.29. The van der Waals surface area contributed by atoms with E-state index in [-0.39, 0.29) is 30.2 Å². The molecule has 0 unspecified atom stereocenters. The molecule has 8 nitrogen and oxygen atoms in total. The number of ether oxygens (including phenoxy) is 1. The highest BCUT2D eigenvalue weighted by molar-refractivity contribution is 7.98. The SMILES string of the molecule is CCOC(=O)C1CCN(C(=O)CN(C)C(=O)CCc2c(C)nc(SC)nc2C)CC1. The Morgan fingerprint density at radius 1 is 1.17 bits per heavy atom. The van der Waals surface area contributed by atoms with E-state index in [0.29, 0.717) is 45.4 Å². The number of aryl methyl sites for hydroxylation is 2. The summed E-state index contributed by atoms with van der Waals surface area (Å²) in [6, 6.07) is 0. The minimum atomic E-state index is -0.183. The van der Waals surface area contributed by atoms with Crippen molar-refractivity contribution in [2.45, 2.75) is 51.6 Å². The van der Waals surface area contributed by atoms with Crippen LogP contribution in [0.3, 0.4) is 0 Å². The third-order valence-corrected chi connectivity index (χ3v) is 5.99. The quantitative estimate of drug-likeness (QED) is 0.350. The number of piperidine rings is 1. The standard InChI is InChI=1S/C21H32N4O4S/c1-6-29-20(28)16-9-11-25(12-10-16)19(27)13-24(4)18(26)8-7-17-14(2)22-21(30-5)23-15(17)3/h16H,6-13H2,1-5H3. The summed E-state index contributed by atoms with van der Waals surface area (Å²) < 4.78 is 5.06. The van der Waals surface area contributed by atoms with Crippen LogP contribution in [0.4, 0.5) is 0 Å². The molecule has 1 fully saturated rings. The molecule has 0 aromatic carbocycles. The second kappa shape index (κ2) is 11.3. The Labute approximate surface area is 182 Å². The molecular weight excluding hydrogens is 404 g/mol. The first kappa shape index (κ1) is 24.1. The van der Waals surface area contributed by atoms with Crippen molar-refractivity contribution in [3.63, 3.8) is 0 Å². The maximum Gasteiger partial charge on any atom is 0.309 e. The lowest BCUT2D eigenvalue weighted by molar-refractivity contribution is -0.151. The first-order valence-electron chi connectivity index (χ1n) is 10.3. The number of amides is 2. The monoisotopic (exact) mass is 436 g/mol. The van der Waals surface area contributed by atoms with Crippen molar-refractivity contribution in [3.8, 4) is 0 Å². The summed E-state index contributed by atoms with van der Waals surface area (Å²) in [6.45, 7) is 7.10. The number of carbonyl (C=O) groups excluding carboxylic acids is 3. The summed E-state index contributed by atoms with van der Waals surface area (Å²) in [6.07, 6.45) is 4.00. The van der Waals surface area contributed by atoms with Gasteiger partial charge < -0.3 is 14.5 Å². The number of thioether (sulfide) groups is 1. The van der Waals surface area contributed by atoms with E-state index in [1.807, 2.05) is 20.1 Å². The number of hydrogen-bond donors (Lipinski definition) is 0. The van der Waals surface area contributed by atoms with Crippen molar-refractivity contribution in [2.75, 3.05) is 39.5 Å². The molecule has 0 saturated carbocycles. The van der Waals surface area contributed by atoms with Crippen molar-refractivity contribution >= 4 is 29.5 Å². The number of esters is 1. The Morgan fingerprint density at radius 2 is 1.77 bits per heavy atom. The smallest absolute Gasteiger partial charge is 0.309 e. The van der Waals surface area contributed by atoms with Gasteiger partial charge in [-0.15, -0.1) is 0 Å². The number of nitrogens with zero attached hydrogens (tertiary/aromatic N) is 4. The van der Waals surface area contributed by atoms with Gasteiger partial charge in [0.15, 0.2) is 5.16 Å². The first-order chi connectivity index (χ1) is 14.3. The van der Waals surface area contributed by atoms with Gasteiger partial charge in [-0.25, -0.2) is 9.97 Å². The Kier molecular flexibility index (Phi) is 9.08. The summed E-state index contributed by atoms with van der Waals surface area (Å²) >= 11 is 1.49. The number of likely N-dealkylation sites (tertiary alicyclic amines) is 1. The zero-order valence-corrected chi connectivity index (χ0v) is 19.4. The first-order valence-corrected chi connectivity index (χ1v) is 11.6. The van der Waals surface area contributed by atoms with Crippen LogP contribution in [-0.4, -0.2) is 77.1 Å². The molecule has 2 heterocycles. The van der Waals surface area contributed by atoms with E-state index in [0.717, 1.165) is 22.1 Å². The Hall–Kier alpha value is -2.16. The van der Waals surface area contributed by atoms with E-state index in [9.17, 15) is 14.4 Å². The van der Waals surface area contributed by atoms with Crippen LogP contribution in [0, 0.1) is 19.8 Å². The van der Waals surface area contributed by atoms with Crippen molar-refractivity contribution in [3.05, 3.63) is 17.0 Å². The lowest BCUT2D eigenvalue weighted by Crippen LogP contribution is -2.45. The minimum Gasteiger partial charge on any atom is -0.466 e. The van der Waals surface area contributed by atoms with E-state index in [1.54, 1.807) is 18.9 Å². The molecule has 9 heteroatoms. The molecule has 0 radical (unpaired) electrons. The van der Waals surface area contributed by atoms with Gasteiger partial charge in [0.1, 0.15) is 0 Å². The molecule has 0 aliphatic carbocycles. The predicted molar refractivity (Wildman–Crippen MR) is 115 cm³/mol. The molecule has 0 N–H and O–H groups in total. The fraction of sp³-hybridized carbons (Fsp3) is 0.667. The van der Waals surface area contributed by atoms with Gasteiger partial charge >= 0.3 is 5.97 Å². The molecule has 2 rings (SSSR count). The Balaban J connectivity index is 1.82. The molecule has 2 amide bonds. The Morgan fingerprint density at radius 3 is 2.30 bits per heavy atom. The predicted octanol–water partition coefficient (Wildman–Crippen LogP) is 2.01. The summed E-state index contributed by atoms with van der Waals surface area (Å²) in [7, 11) is 1.65. The van der Waals surface area contributed by atoms with Gasteiger partial charge in [0, 0.05) is 37.9 Å². The summed E-state index contributed by atoms with van der Waals surface area (Å²) in [5.41, 5.74) is 2.77. The van der Waals surface area contributed by atoms with Crippen molar-refractivity contribution in [2.24, 2.45) is 5.92 Å². The number of hydrogen-bond acceptors (Lipinski definition) is 7. The molecule has 0 atom stereocenters. The van der Waals surface area contributed by atoms with E-state index < -0.39 is 0 Å². The third kappa shape index (κ3) is 6.42. The van der Waals surface area contributed by atoms with E-state index in [4.69, 9.17) is 4.74 Å². The van der Waals surface area contributed by atoms with E-state index in [1.165, 1.54) is 16.7 Å². The lowest BCUT2D eigenvalue weighted by Gasteiger charge is -2.32. The topological polar surface area (TPSA) is 92.7 Å². The second-order valence-electron chi connectivity index (χ2n) is 7.52. The van der Waals surface area contributed by atoms with Crippen LogP contribution in [0.15, 0.2) is 5.16 Å². The van der Waals surface area contributed by atoms with E-state index >= 15 is 0 Å². The van der Waals surface area contributed by atoms with Gasteiger partial charge in [-0.1, -0.05) is 11.8 Å². The molecule has 0 spiro atoms. The zero-order chi connectivity index (χ0) is 22.3. The summed E-state index contributed by atoms with van der Waals surface area (Å²) in [5.74, 6) is -0.498. The fourth-order valence-electron chi connectivity index (χ4n) is 3.60. The van der Waals surface area contributed by atoms with Crippen LogP contribution < -0.4 is 0 Å². The van der Waals surface area contributed by atoms with Gasteiger partial charge in [-0.2, -0.15) is 0 Å². The highest BCUT2D eigenvalue weighted by atomic mass is 32.2. The molecule has 0 bridgehead atoms. The van der Waals surface area contributed by atoms with Gasteiger partial charge in [0.05, 0.1) is 19.1 Å². The van der Waals surface area contributed by atoms with Gasteiger partial charge in [0.2, 0.25) is 11.8 Å². The van der Waals surface area contributed by atoms with Gasteiger partial charge in [-0.3, -0.25) is 14.4 Å². The maximum absolute atomic E-state index is 12.6. The average Bonchev–Trinajstić information content (AvgIpc) is 2.72. The molecule has 1 saturated heterocycles. The summed E-state index contributed by atoms with van der Waals surface area (Å²) in [5, 5.41) is 0.731. The van der Waals surface area contributed by atoms with Crippen LogP contribution in [0.1, 0.15) is 43.1 Å². The Bertz CT molecular complexity index is 755. The number of aromatic nitrogens is 2. The molecule has 1 aliphatic rings.